The summed E-state index contributed by atoms with van der Waals surface area (Å²) in [5.74, 6) is -0.805. The van der Waals surface area contributed by atoms with Crippen LogP contribution in [-0.2, 0) is 24.4 Å². The summed E-state index contributed by atoms with van der Waals surface area (Å²) >= 11 is 0. The van der Waals surface area contributed by atoms with Crippen molar-refractivity contribution in [1.29, 1.82) is 0 Å². The number of aliphatic hydroxyl groups excluding tert-OH is 1. The van der Waals surface area contributed by atoms with Crippen molar-refractivity contribution < 1.29 is 37.6 Å². The molecule has 2 atom stereocenters. The first-order valence-electron chi connectivity index (χ1n) is 10.8. The van der Waals surface area contributed by atoms with Crippen LogP contribution >= 0.6 is 0 Å². The Morgan fingerprint density at radius 3 is 2.53 bits per heavy atom. The molecule has 0 saturated heterocycles. The molecule has 1 aliphatic heterocycles. The summed E-state index contributed by atoms with van der Waals surface area (Å²) in [6.45, 7) is 7.10. The standard InChI is InChI=1S/C22H30N4O9S/c1-5-10-34-26(36(32,33)19-9-7-6-8-17(19)25(30)31)18-13-24(21(29)35-22(2,3)4)16(14-27)11-15(18)12-20(23)28/h5-9,11,16,18,27H,1,10,12-14H2,2-4H3,(H2,23,28)/t16-,18?/m0/s1. The lowest BCUT2D eigenvalue weighted by molar-refractivity contribution is -0.388. The molecule has 0 aliphatic carbocycles. The molecule has 1 aromatic carbocycles. The molecule has 2 amide bonds. The number of ether oxygens (including phenoxy) is 1. The lowest BCUT2D eigenvalue weighted by atomic mass is 9.95. The van der Waals surface area contributed by atoms with Crippen LogP contribution in [0.2, 0.25) is 0 Å². The predicted octanol–water partition coefficient (Wildman–Crippen LogP) is 1.49. The van der Waals surface area contributed by atoms with Crippen molar-refractivity contribution >= 4 is 27.7 Å². The van der Waals surface area contributed by atoms with Gasteiger partial charge in [-0.25, -0.2) is 13.2 Å². The molecule has 0 saturated carbocycles. The molecular formula is C22H30N4O9S. The van der Waals surface area contributed by atoms with Crippen LogP contribution < -0.4 is 5.73 Å². The fraction of sp³-hybridized carbons (Fsp3) is 0.455. The second-order valence-electron chi connectivity index (χ2n) is 8.85. The largest absolute Gasteiger partial charge is 0.444 e. The molecule has 0 aromatic heterocycles. The van der Waals surface area contributed by atoms with Crippen molar-refractivity contribution in [2.24, 2.45) is 5.73 Å². The van der Waals surface area contributed by atoms with Crippen LogP contribution in [0, 0.1) is 10.1 Å². The zero-order chi connectivity index (χ0) is 27.3. The maximum absolute atomic E-state index is 13.7. The van der Waals surface area contributed by atoms with Gasteiger partial charge in [0.2, 0.25) is 5.91 Å². The third kappa shape index (κ3) is 6.87. The monoisotopic (exact) mass is 526 g/mol. The van der Waals surface area contributed by atoms with E-state index in [0.717, 1.165) is 17.0 Å². The number of primary amides is 1. The molecule has 13 nitrogen and oxygen atoms in total. The van der Waals surface area contributed by atoms with Gasteiger partial charge in [0.1, 0.15) is 5.60 Å². The lowest BCUT2D eigenvalue weighted by Crippen LogP contribution is -2.56. The van der Waals surface area contributed by atoms with Crippen molar-refractivity contribution in [3.05, 3.63) is 58.7 Å². The quantitative estimate of drug-likeness (QED) is 0.259. The zero-order valence-corrected chi connectivity index (χ0v) is 21.0. The molecule has 14 heteroatoms. The van der Waals surface area contributed by atoms with Gasteiger partial charge in [0.25, 0.3) is 15.7 Å². The fourth-order valence-corrected chi connectivity index (χ4v) is 5.11. The number of nitro benzene ring substituents is 1. The van der Waals surface area contributed by atoms with Crippen molar-refractivity contribution in [3.8, 4) is 0 Å². The van der Waals surface area contributed by atoms with Gasteiger partial charge in [0.15, 0.2) is 4.90 Å². The highest BCUT2D eigenvalue weighted by molar-refractivity contribution is 7.89. The molecule has 36 heavy (non-hydrogen) atoms. The van der Waals surface area contributed by atoms with Crippen molar-refractivity contribution in [2.45, 2.75) is 49.8 Å². The summed E-state index contributed by atoms with van der Waals surface area (Å²) in [7, 11) is -4.74. The Labute approximate surface area is 208 Å². The summed E-state index contributed by atoms with van der Waals surface area (Å²) in [6.07, 6.45) is 1.31. The van der Waals surface area contributed by atoms with Gasteiger partial charge in [-0.15, -0.1) is 6.58 Å². The average Bonchev–Trinajstić information content (AvgIpc) is 2.78. The number of amides is 2. The Kier molecular flexibility index (Phi) is 9.32. The molecule has 1 heterocycles. The van der Waals surface area contributed by atoms with E-state index in [1.165, 1.54) is 24.3 Å². The number of nitrogens with two attached hydrogens (primary N) is 1. The number of benzene rings is 1. The third-order valence-corrected chi connectivity index (χ3v) is 6.68. The minimum Gasteiger partial charge on any atom is -0.444 e. The van der Waals surface area contributed by atoms with Gasteiger partial charge in [0, 0.05) is 19.0 Å². The summed E-state index contributed by atoms with van der Waals surface area (Å²) in [5.41, 5.74) is 3.91. The number of carbonyl (C=O) groups excluding carboxylic acids is 2. The first-order valence-corrected chi connectivity index (χ1v) is 12.3. The molecule has 0 fully saturated rings. The third-order valence-electron chi connectivity index (χ3n) is 4.95. The highest BCUT2D eigenvalue weighted by Crippen LogP contribution is 2.33. The number of hydrogen-bond donors (Lipinski definition) is 2. The van der Waals surface area contributed by atoms with E-state index in [9.17, 15) is 33.2 Å². The molecule has 3 N–H and O–H groups in total. The number of sulfonamides is 1. The zero-order valence-electron chi connectivity index (χ0n) is 20.2. The summed E-state index contributed by atoms with van der Waals surface area (Å²) in [4.78, 5) is 41.3. The summed E-state index contributed by atoms with van der Waals surface area (Å²) in [5, 5.41) is 21.4. The number of aliphatic hydroxyl groups is 1. The van der Waals surface area contributed by atoms with Crippen LogP contribution in [0.3, 0.4) is 0 Å². The van der Waals surface area contributed by atoms with E-state index in [1.807, 2.05) is 0 Å². The number of para-hydroxylation sites is 1. The van der Waals surface area contributed by atoms with E-state index in [-0.39, 0.29) is 12.2 Å². The molecule has 0 bridgehead atoms. The van der Waals surface area contributed by atoms with Crippen LogP contribution in [0.4, 0.5) is 10.5 Å². The Morgan fingerprint density at radius 1 is 1.36 bits per heavy atom. The smallest absolute Gasteiger partial charge is 0.410 e. The molecule has 0 spiro atoms. The van der Waals surface area contributed by atoms with Crippen molar-refractivity contribution in [2.75, 3.05) is 19.8 Å². The summed E-state index contributed by atoms with van der Waals surface area (Å²) < 4.78 is 33.3. The minimum atomic E-state index is -4.74. The average molecular weight is 527 g/mol. The van der Waals surface area contributed by atoms with E-state index < -0.39 is 74.8 Å². The van der Waals surface area contributed by atoms with Crippen LogP contribution in [0.1, 0.15) is 27.2 Å². The van der Waals surface area contributed by atoms with E-state index in [1.54, 1.807) is 20.8 Å². The number of carbonyl (C=O) groups is 2. The van der Waals surface area contributed by atoms with Crippen molar-refractivity contribution in [3.63, 3.8) is 0 Å². The van der Waals surface area contributed by atoms with Gasteiger partial charge in [-0.2, -0.15) is 0 Å². The SMILES string of the molecule is C=CCON(C1CN(C(=O)OC(C)(C)C)[C@H](CO)C=C1CC(N)=O)S(=O)(=O)c1ccccc1[N+](=O)[O-]. The van der Waals surface area contributed by atoms with Gasteiger partial charge in [-0.1, -0.05) is 28.8 Å². The maximum atomic E-state index is 13.7. The predicted molar refractivity (Wildman–Crippen MR) is 128 cm³/mol. The van der Waals surface area contributed by atoms with Gasteiger partial charge in [-0.05, 0) is 32.4 Å². The lowest BCUT2D eigenvalue weighted by Gasteiger charge is -2.41. The molecule has 0 radical (unpaired) electrons. The van der Waals surface area contributed by atoms with Gasteiger partial charge >= 0.3 is 6.09 Å². The van der Waals surface area contributed by atoms with Gasteiger partial charge in [0.05, 0.1) is 30.2 Å². The Hall–Kier alpha value is -3.33. The van der Waals surface area contributed by atoms with Crippen LogP contribution in [0.15, 0.2) is 53.5 Å². The first kappa shape index (κ1) is 28.9. The second-order valence-corrected chi connectivity index (χ2v) is 10.6. The molecule has 198 valence electrons. The van der Waals surface area contributed by atoms with Crippen LogP contribution in [-0.4, -0.2) is 77.3 Å². The Morgan fingerprint density at radius 2 is 2.00 bits per heavy atom. The number of rotatable bonds is 10. The van der Waals surface area contributed by atoms with Crippen LogP contribution in [0.5, 0.6) is 0 Å². The number of hydrogen-bond acceptors (Lipinski definition) is 9. The van der Waals surface area contributed by atoms with Crippen molar-refractivity contribution in [1.82, 2.24) is 9.37 Å². The fourth-order valence-electron chi connectivity index (χ4n) is 3.52. The number of hydroxylamine groups is 1. The van der Waals surface area contributed by atoms with Crippen LogP contribution in [0.25, 0.3) is 0 Å². The molecular weight excluding hydrogens is 496 g/mol. The van der Waals surface area contributed by atoms with Gasteiger partial charge in [-0.3, -0.25) is 24.6 Å². The normalized spacial score (nSPS) is 18.5. The number of nitro groups is 1. The van der Waals surface area contributed by atoms with E-state index in [2.05, 4.69) is 6.58 Å². The van der Waals surface area contributed by atoms with E-state index >= 15 is 0 Å². The minimum absolute atomic E-state index is 0.132. The Bertz CT molecular complexity index is 1140. The molecule has 1 aliphatic rings. The maximum Gasteiger partial charge on any atom is 0.410 e. The topological polar surface area (TPSA) is 183 Å². The summed E-state index contributed by atoms with van der Waals surface area (Å²) in [6, 6.07) is 2.38. The van der Waals surface area contributed by atoms with Gasteiger partial charge < -0.3 is 15.6 Å². The molecule has 2 rings (SSSR count). The molecule has 1 aromatic rings. The van der Waals surface area contributed by atoms with E-state index in [4.69, 9.17) is 15.3 Å². The highest BCUT2D eigenvalue weighted by Gasteiger charge is 2.44. The Balaban J connectivity index is 2.68. The highest BCUT2D eigenvalue weighted by atomic mass is 32.2. The second kappa shape index (κ2) is 11.6. The number of nitrogens with zero attached hydrogens (tertiary/aromatic N) is 3. The first-order chi connectivity index (χ1) is 16.7. The van der Waals surface area contributed by atoms with E-state index in [0.29, 0.717) is 4.47 Å². The molecule has 1 unspecified atom stereocenters.